The first-order valence-electron chi connectivity index (χ1n) is 6.66. The van der Waals surface area contributed by atoms with Crippen molar-refractivity contribution in [3.8, 4) is 0 Å². The molecule has 1 amide bonds. The smallest absolute Gasteiger partial charge is 0.219 e. The molecule has 1 heterocycles. The van der Waals surface area contributed by atoms with E-state index in [4.69, 9.17) is 0 Å². The molecule has 17 heavy (non-hydrogen) atoms. The third-order valence-corrected chi connectivity index (χ3v) is 3.85. The summed E-state index contributed by atoms with van der Waals surface area (Å²) in [7, 11) is 0. The highest BCUT2D eigenvalue weighted by atomic mass is 16.2. The number of rotatable bonds is 6. The molecule has 0 bridgehead atoms. The van der Waals surface area contributed by atoms with Gasteiger partial charge in [0, 0.05) is 19.0 Å². The van der Waals surface area contributed by atoms with Crippen LogP contribution in [0.5, 0.6) is 0 Å². The van der Waals surface area contributed by atoms with Gasteiger partial charge in [-0.15, -0.1) is 13.2 Å². The van der Waals surface area contributed by atoms with Gasteiger partial charge >= 0.3 is 0 Å². The van der Waals surface area contributed by atoms with Gasteiger partial charge in [-0.05, 0) is 44.9 Å². The highest BCUT2D eigenvalue weighted by molar-refractivity contribution is 5.74. The summed E-state index contributed by atoms with van der Waals surface area (Å²) in [4.78, 5) is 13.9. The summed E-state index contributed by atoms with van der Waals surface area (Å²) in [6, 6.07) is 0. The monoisotopic (exact) mass is 235 g/mol. The Hall–Kier alpha value is -1.05. The fourth-order valence-electron chi connectivity index (χ4n) is 2.97. The maximum absolute atomic E-state index is 11.8. The first kappa shape index (κ1) is 14.0. The molecule has 96 valence electrons. The fourth-order valence-corrected chi connectivity index (χ4v) is 2.97. The first-order chi connectivity index (χ1) is 8.16. The molecule has 0 aromatic heterocycles. The van der Waals surface area contributed by atoms with Crippen LogP contribution in [0.2, 0.25) is 0 Å². The maximum Gasteiger partial charge on any atom is 0.219 e. The summed E-state index contributed by atoms with van der Waals surface area (Å²) in [5, 5.41) is 0. The molecular formula is C15H25NO. The molecule has 2 heteroatoms. The zero-order valence-electron chi connectivity index (χ0n) is 11.1. The quantitative estimate of drug-likeness (QED) is 0.643. The van der Waals surface area contributed by atoms with E-state index in [1.165, 1.54) is 6.42 Å². The second-order valence-corrected chi connectivity index (χ2v) is 5.01. The van der Waals surface area contributed by atoms with E-state index in [-0.39, 0.29) is 11.4 Å². The Kier molecular flexibility index (Phi) is 5.46. The molecule has 1 saturated heterocycles. The number of allylic oxidation sites excluding steroid dienone is 2. The summed E-state index contributed by atoms with van der Waals surface area (Å²) >= 11 is 0. The molecule has 1 fully saturated rings. The van der Waals surface area contributed by atoms with Gasteiger partial charge in [0.25, 0.3) is 0 Å². The Morgan fingerprint density at radius 2 is 1.82 bits per heavy atom. The molecular weight excluding hydrogens is 210 g/mol. The van der Waals surface area contributed by atoms with E-state index in [9.17, 15) is 4.79 Å². The Morgan fingerprint density at radius 1 is 1.24 bits per heavy atom. The van der Waals surface area contributed by atoms with E-state index < -0.39 is 0 Å². The number of nitrogens with zero attached hydrogens (tertiary/aromatic N) is 1. The van der Waals surface area contributed by atoms with Gasteiger partial charge in [0.05, 0.1) is 0 Å². The van der Waals surface area contributed by atoms with E-state index in [1.807, 2.05) is 12.2 Å². The van der Waals surface area contributed by atoms with Crippen LogP contribution in [0, 0.1) is 0 Å². The third-order valence-electron chi connectivity index (χ3n) is 3.85. The van der Waals surface area contributed by atoms with Gasteiger partial charge in [0.2, 0.25) is 5.91 Å². The van der Waals surface area contributed by atoms with Gasteiger partial charge in [0.1, 0.15) is 0 Å². The summed E-state index contributed by atoms with van der Waals surface area (Å²) in [6.45, 7) is 10.2. The van der Waals surface area contributed by atoms with Crippen molar-refractivity contribution in [1.82, 2.24) is 4.90 Å². The molecule has 0 N–H and O–H groups in total. The molecule has 0 atom stereocenters. The molecule has 1 aliphatic heterocycles. The first-order valence-corrected chi connectivity index (χ1v) is 6.66. The van der Waals surface area contributed by atoms with E-state index in [2.05, 4.69) is 18.1 Å². The molecule has 0 aromatic carbocycles. The molecule has 1 rings (SSSR count). The number of carbonyl (C=O) groups is 1. The van der Waals surface area contributed by atoms with Crippen molar-refractivity contribution in [2.24, 2.45) is 0 Å². The number of likely N-dealkylation sites (tertiary alicyclic amines) is 1. The molecule has 0 aromatic rings. The van der Waals surface area contributed by atoms with E-state index in [0.717, 1.165) is 45.1 Å². The second-order valence-electron chi connectivity index (χ2n) is 5.01. The lowest BCUT2D eigenvalue weighted by Gasteiger charge is -2.47. The Labute approximate surface area is 105 Å². The largest absolute Gasteiger partial charge is 0.337 e. The zero-order chi connectivity index (χ0) is 12.7. The lowest BCUT2D eigenvalue weighted by molar-refractivity contribution is -0.138. The van der Waals surface area contributed by atoms with Crippen LogP contribution in [0.3, 0.4) is 0 Å². The minimum absolute atomic E-state index is 0.0620. The Balaban J connectivity index is 2.84. The van der Waals surface area contributed by atoms with E-state index in [0.29, 0.717) is 0 Å². The van der Waals surface area contributed by atoms with Crippen LogP contribution in [-0.2, 0) is 4.79 Å². The second kappa shape index (κ2) is 6.63. The normalized spacial score (nSPS) is 18.8. The molecule has 0 saturated carbocycles. The van der Waals surface area contributed by atoms with Crippen molar-refractivity contribution in [3.63, 3.8) is 0 Å². The minimum atomic E-state index is 0.0620. The van der Waals surface area contributed by atoms with Gasteiger partial charge in [0.15, 0.2) is 0 Å². The zero-order valence-corrected chi connectivity index (χ0v) is 11.1. The molecule has 1 aliphatic rings. The van der Waals surface area contributed by atoms with Gasteiger partial charge in [-0.2, -0.15) is 0 Å². The number of hydrogen-bond donors (Lipinski definition) is 0. The van der Waals surface area contributed by atoms with Crippen molar-refractivity contribution in [1.29, 1.82) is 0 Å². The third kappa shape index (κ3) is 3.45. The molecule has 0 radical (unpaired) electrons. The van der Waals surface area contributed by atoms with Gasteiger partial charge < -0.3 is 4.90 Å². The number of piperidine rings is 1. The average molecular weight is 235 g/mol. The predicted octanol–water partition coefficient (Wildman–Crippen LogP) is 3.69. The minimum Gasteiger partial charge on any atom is -0.337 e. The maximum atomic E-state index is 11.8. The average Bonchev–Trinajstić information content (AvgIpc) is 2.34. The summed E-state index contributed by atoms with van der Waals surface area (Å²) in [5.74, 6) is 0.220. The Morgan fingerprint density at radius 3 is 2.29 bits per heavy atom. The van der Waals surface area contributed by atoms with Crippen molar-refractivity contribution in [2.75, 3.05) is 6.54 Å². The van der Waals surface area contributed by atoms with Crippen molar-refractivity contribution < 1.29 is 4.79 Å². The highest BCUT2D eigenvalue weighted by Crippen LogP contribution is 2.36. The van der Waals surface area contributed by atoms with Crippen LogP contribution in [-0.4, -0.2) is 22.9 Å². The summed E-state index contributed by atoms with van der Waals surface area (Å²) < 4.78 is 0. The highest BCUT2D eigenvalue weighted by Gasteiger charge is 2.38. The number of amides is 1. The lowest BCUT2D eigenvalue weighted by Crippen LogP contribution is -2.53. The van der Waals surface area contributed by atoms with Gasteiger partial charge in [-0.25, -0.2) is 0 Å². The van der Waals surface area contributed by atoms with Gasteiger partial charge in [-0.1, -0.05) is 12.2 Å². The van der Waals surface area contributed by atoms with Crippen LogP contribution in [0.25, 0.3) is 0 Å². The fraction of sp³-hybridized carbons (Fsp3) is 0.667. The predicted molar refractivity (Wildman–Crippen MR) is 72.8 cm³/mol. The molecule has 0 spiro atoms. The van der Waals surface area contributed by atoms with Crippen LogP contribution in [0.4, 0.5) is 0 Å². The summed E-state index contributed by atoms with van der Waals surface area (Å²) in [5.41, 5.74) is 0.0620. The topological polar surface area (TPSA) is 20.3 Å². The van der Waals surface area contributed by atoms with Crippen LogP contribution >= 0.6 is 0 Å². The van der Waals surface area contributed by atoms with Crippen molar-refractivity contribution in [2.45, 2.75) is 57.4 Å². The molecule has 2 nitrogen and oxygen atoms in total. The Bertz CT molecular complexity index is 271. The molecule has 0 unspecified atom stereocenters. The standard InChI is InChI=1S/C15H25NO/c1-4-6-10-15(11-7-5-2)12-8-9-13-16(15)14(3)17/h4-5H,1-2,6-13H2,3H3. The van der Waals surface area contributed by atoms with Gasteiger partial charge in [-0.3, -0.25) is 4.79 Å². The van der Waals surface area contributed by atoms with Crippen molar-refractivity contribution >= 4 is 5.91 Å². The summed E-state index contributed by atoms with van der Waals surface area (Å²) in [6.07, 6.45) is 11.5. The van der Waals surface area contributed by atoms with Crippen LogP contribution < -0.4 is 0 Å². The van der Waals surface area contributed by atoms with Crippen molar-refractivity contribution in [3.05, 3.63) is 25.3 Å². The van der Waals surface area contributed by atoms with E-state index >= 15 is 0 Å². The van der Waals surface area contributed by atoms with Crippen LogP contribution in [0.15, 0.2) is 25.3 Å². The number of carbonyl (C=O) groups excluding carboxylic acids is 1. The van der Waals surface area contributed by atoms with Crippen LogP contribution in [0.1, 0.15) is 51.9 Å². The lowest BCUT2D eigenvalue weighted by atomic mass is 9.79. The molecule has 0 aliphatic carbocycles. The van der Waals surface area contributed by atoms with E-state index in [1.54, 1.807) is 6.92 Å². The number of hydrogen-bond acceptors (Lipinski definition) is 1. The SMILES string of the molecule is C=CCCC1(CCC=C)CCCCN1C(C)=O.